The molecular weight excluding hydrogens is 214 g/mol. The number of hydrogen-bond acceptors (Lipinski definition) is 3. The first-order valence-corrected chi connectivity index (χ1v) is 6.24. The maximum absolute atomic E-state index is 10.6. The molecule has 0 aliphatic carbocycles. The molecule has 0 heterocycles. The van der Waals surface area contributed by atoms with E-state index in [1.54, 1.807) is 0 Å². The summed E-state index contributed by atoms with van der Waals surface area (Å²) in [5, 5.41) is 0. The maximum Gasteiger partial charge on any atom is 0.266 e. The molecule has 1 atom stereocenters. The second kappa shape index (κ2) is 4.74. The normalized spacial score (nSPS) is 13.8. The summed E-state index contributed by atoms with van der Waals surface area (Å²) in [7, 11) is -3.98. The zero-order valence-electron chi connectivity index (χ0n) is 8.55. The topological polar surface area (TPSA) is 80.4 Å². The van der Waals surface area contributed by atoms with E-state index in [4.69, 9.17) is 10.3 Å². The van der Waals surface area contributed by atoms with Gasteiger partial charge in [-0.15, -0.1) is 0 Å². The number of nitrogens with two attached hydrogens (primary N) is 1. The van der Waals surface area contributed by atoms with E-state index >= 15 is 0 Å². The molecule has 0 saturated carbocycles. The Morgan fingerprint density at radius 3 is 2.67 bits per heavy atom. The average Bonchev–Trinajstić information content (AvgIpc) is 1.99. The van der Waals surface area contributed by atoms with Crippen LogP contribution in [0, 0.1) is 6.92 Å². The van der Waals surface area contributed by atoms with Crippen LogP contribution in [-0.2, 0) is 16.5 Å². The van der Waals surface area contributed by atoms with Gasteiger partial charge in [-0.2, -0.15) is 8.42 Å². The van der Waals surface area contributed by atoms with Gasteiger partial charge in [-0.1, -0.05) is 29.8 Å². The summed E-state index contributed by atoms with van der Waals surface area (Å²) < 4.78 is 29.8. The standard InChI is InChI=1S/C10H15NO3S/c1-8-3-2-4-9(5-8)6-10(11)7-15(12,13)14/h2-5,10H,6-7,11H2,1H3,(H,12,13,14)/t10-/m0/s1. The number of aryl methyl sites for hydroxylation is 1. The van der Waals surface area contributed by atoms with Gasteiger partial charge in [0.15, 0.2) is 0 Å². The Kier molecular flexibility index (Phi) is 3.84. The van der Waals surface area contributed by atoms with Crippen LogP contribution in [0.25, 0.3) is 0 Å². The van der Waals surface area contributed by atoms with Gasteiger partial charge < -0.3 is 5.73 Å². The van der Waals surface area contributed by atoms with Crippen molar-refractivity contribution in [2.24, 2.45) is 5.73 Å². The van der Waals surface area contributed by atoms with Crippen LogP contribution >= 0.6 is 0 Å². The molecule has 0 aliphatic heterocycles. The summed E-state index contributed by atoms with van der Waals surface area (Å²) in [6.07, 6.45) is 0.446. The van der Waals surface area contributed by atoms with Crippen LogP contribution in [0.1, 0.15) is 11.1 Å². The van der Waals surface area contributed by atoms with Crippen molar-refractivity contribution in [1.29, 1.82) is 0 Å². The summed E-state index contributed by atoms with van der Waals surface area (Å²) in [4.78, 5) is 0. The third kappa shape index (κ3) is 4.92. The van der Waals surface area contributed by atoms with Gasteiger partial charge in [0.05, 0.1) is 5.75 Å². The molecule has 0 amide bonds. The fraction of sp³-hybridized carbons (Fsp3) is 0.400. The van der Waals surface area contributed by atoms with Crippen LogP contribution in [0.5, 0.6) is 0 Å². The summed E-state index contributed by atoms with van der Waals surface area (Å²) >= 11 is 0. The van der Waals surface area contributed by atoms with Crippen LogP contribution < -0.4 is 5.73 Å². The maximum atomic E-state index is 10.6. The Morgan fingerprint density at radius 2 is 2.13 bits per heavy atom. The van der Waals surface area contributed by atoms with E-state index in [1.807, 2.05) is 31.2 Å². The Bertz CT molecular complexity index is 428. The number of benzene rings is 1. The van der Waals surface area contributed by atoms with Crippen LogP contribution in [-0.4, -0.2) is 24.8 Å². The molecule has 0 spiro atoms. The molecule has 1 aromatic carbocycles. The summed E-state index contributed by atoms with van der Waals surface area (Å²) in [5.74, 6) is -0.402. The fourth-order valence-electron chi connectivity index (χ4n) is 1.47. The molecule has 5 heteroatoms. The fourth-order valence-corrected chi connectivity index (χ4v) is 2.13. The minimum Gasteiger partial charge on any atom is -0.326 e. The monoisotopic (exact) mass is 229 g/mol. The molecule has 0 fully saturated rings. The zero-order valence-corrected chi connectivity index (χ0v) is 9.37. The lowest BCUT2D eigenvalue weighted by atomic mass is 10.1. The molecule has 1 aromatic rings. The van der Waals surface area contributed by atoms with Crippen LogP contribution in [0.15, 0.2) is 24.3 Å². The third-order valence-electron chi connectivity index (χ3n) is 2.01. The molecule has 0 aromatic heterocycles. The lowest BCUT2D eigenvalue weighted by molar-refractivity contribution is 0.476. The van der Waals surface area contributed by atoms with E-state index in [2.05, 4.69) is 0 Å². The molecule has 0 unspecified atom stereocenters. The van der Waals surface area contributed by atoms with Gasteiger partial charge in [0.2, 0.25) is 0 Å². The molecule has 0 bridgehead atoms. The van der Waals surface area contributed by atoms with Crippen LogP contribution in [0.2, 0.25) is 0 Å². The minimum absolute atomic E-state index is 0.402. The number of hydrogen-bond donors (Lipinski definition) is 2. The van der Waals surface area contributed by atoms with Gasteiger partial charge in [0.1, 0.15) is 0 Å². The first-order valence-electron chi connectivity index (χ1n) is 4.63. The minimum atomic E-state index is -3.98. The summed E-state index contributed by atoms with van der Waals surface area (Å²) in [6.45, 7) is 1.96. The van der Waals surface area contributed by atoms with Gasteiger partial charge in [0, 0.05) is 6.04 Å². The molecule has 4 nitrogen and oxygen atoms in total. The van der Waals surface area contributed by atoms with Crippen molar-refractivity contribution in [2.45, 2.75) is 19.4 Å². The smallest absolute Gasteiger partial charge is 0.266 e. The van der Waals surface area contributed by atoms with Crippen molar-refractivity contribution in [3.8, 4) is 0 Å². The van der Waals surface area contributed by atoms with E-state index in [0.717, 1.165) is 11.1 Å². The largest absolute Gasteiger partial charge is 0.326 e. The molecular formula is C10H15NO3S. The van der Waals surface area contributed by atoms with Crippen LogP contribution in [0.4, 0.5) is 0 Å². The molecule has 0 radical (unpaired) electrons. The van der Waals surface area contributed by atoms with Crippen molar-refractivity contribution in [3.05, 3.63) is 35.4 Å². The van der Waals surface area contributed by atoms with E-state index in [1.165, 1.54) is 0 Å². The molecule has 1 rings (SSSR count). The highest BCUT2D eigenvalue weighted by Gasteiger charge is 2.13. The molecule has 84 valence electrons. The quantitative estimate of drug-likeness (QED) is 0.747. The second-order valence-electron chi connectivity index (χ2n) is 3.70. The Hall–Kier alpha value is -0.910. The predicted molar refractivity (Wildman–Crippen MR) is 59.3 cm³/mol. The van der Waals surface area contributed by atoms with E-state index in [0.29, 0.717) is 6.42 Å². The zero-order chi connectivity index (χ0) is 11.5. The average molecular weight is 229 g/mol. The Morgan fingerprint density at radius 1 is 1.47 bits per heavy atom. The molecule has 0 aliphatic rings. The van der Waals surface area contributed by atoms with Crippen molar-refractivity contribution in [1.82, 2.24) is 0 Å². The van der Waals surface area contributed by atoms with Gasteiger partial charge in [-0.05, 0) is 18.9 Å². The summed E-state index contributed by atoms with van der Waals surface area (Å²) in [5.41, 5.74) is 7.68. The predicted octanol–water partition coefficient (Wildman–Crippen LogP) is 0.753. The molecule has 0 saturated heterocycles. The van der Waals surface area contributed by atoms with Crippen molar-refractivity contribution in [2.75, 3.05) is 5.75 Å². The lowest BCUT2D eigenvalue weighted by Gasteiger charge is -2.09. The Labute approximate surface area is 89.9 Å². The molecule has 3 N–H and O–H groups in total. The second-order valence-corrected chi connectivity index (χ2v) is 5.20. The van der Waals surface area contributed by atoms with Crippen molar-refractivity contribution in [3.63, 3.8) is 0 Å². The first-order chi connectivity index (χ1) is 6.87. The highest BCUT2D eigenvalue weighted by atomic mass is 32.2. The van der Waals surface area contributed by atoms with Crippen LogP contribution in [0.3, 0.4) is 0 Å². The van der Waals surface area contributed by atoms with E-state index in [9.17, 15) is 8.42 Å². The highest BCUT2D eigenvalue weighted by molar-refractivity contribution is 7.85. The molecule has 15 heavy (non-hydrogen) atoms. The SMILES string of the molecule is Cc1cccc(C[C@H](N)CS(=O)(=O)O)c1. The van der Waals surface area contributed by atoms with Gasteiger partial charge in [-0.3, -0.25) is 4.55 Å². The summed E-state index contributed by atoms with van der Waals surface area (Å²) in [6, 6.07) is 7.12. The third-order valence-corrected chi connectivity index (χ3v) is 2.85. The van der Waals surface area contributed by atoms with Crippen molar-refractivity contribution >= 4 is 10.1 Å². The lowest BCUT2D eigenvalue weighted by Crippen LogP contribution is -2.31. The van der Waals surface area contributed by atoms with Crippen molar-refractivity contribution < 1.29 is 13.0 Å². The first kappa shape index (κ1) is 12.2. The number of rotatable bonds is 4. The van der Waals surface area contributed by atoms with Gasteiger partial charge in [-0.25, -0.2) is 0 Å². The Balaban J connectivity index is 2.63. The van der Waals surface area contributed by atoms with E-state index < -0.39 is 21.9 Å². The van der Waals surface area contributed by atoms with E-state index in [-0.39, 0.29) is 0 Å². The van der Waals surface area contributed by atoms with Gasteiger partial charge >= 0.3 is 0 Å². The van der Waals surface area contributed by atoms with Gasteiger partial charge in [0.25, 0.3) is 10.1 Å². The highest BCUT2D eigenvalue weighted by Crippen LogP contribution is 2.06.